The van der Waals surface area contributed by atoms with Crippen LogP contribution in [0.25, 0.3) is 0 Å². The van der Waals surface area contributed by atoms with E-state index in [1.807, 2.05) is 18.2 Å². The number of methoxy groups -OCH3 is 2. The van der Waals surface area contributed by atoms with Crippen LogP contribution in [0.5, 0.6) is 11.5 Å². The average molecular weight is 391 g/mol. The predicted octanol–water partition coefficient (Wildman–Crippen LogP) is 2.19. The Hall–Kier alpha value is -2.93. The fourth-order valence-electron chi connectivity index (χ4n) is 2.28. The zero-order chi connectivity index (χ0) is 19.6. The lowest BCUT2D eigenvalue weighted by Crippen LogP contribution is -2.38. The molecule has 0 fully saturated rings. The summed E-state index contributed by atoms with van der Waals surface area (Å²) < 4.78 is 10.5. The van der Waals surface area contributed by atoms with Crippen LogP contribution in [-0.2, 0) is 6.54 Å². The second-order valence-corrected chi connectivity index (χ2v) is 6.02. The molecule has 27 heavy (non-hydrogen) atoms. The molecule has 2 aromatic carbocycles. The van der Waals surface area contributed by atoms with Gasteiger partial charge >= 0.3 is 0 Å². The molecule has 2 aromatic rings. The standard InChI is InChI=1S/C19H23ClN4O3/c1-26-16-8-3-13(11-17(16)27-2)12-24-19(21)23-10-9-22-18(25)14-4-6-15(20)7-5-14/h3-8,11H,9-10,12H2,1-2H3,(H,22,25)(H3,21,23,24). The molecule has 4 N–H and O–H groups in total. The van der Waals surface area contributed by atoms with Gasteiger partial charge in [0, 0.05) is 23.7 Å². The summed E-state index contributed by atoms with van der Waals surface area (Å²) >= 11 is 5.80. The van der Waals surface area contributed by atoms with Crippen molar-refractivity contribution in [2.24, 2.45) is 10.7 Å². The molecule has 0 aliphatic rings. The van der Waals surface area contributed by atoms with E-state index in [1.54, 1.807) is 38.5 Å². The molecule has 0 radical (unpaired) electrons. The highest BCUT2D eigenvalue weighted by Gasteiger charge is 2.05. The van der Waals surface area contributed by atoms with Gasteiger partial charge in [0.15, 0.2) is 17.5 Å². The first kappa shape index (κ1) is 20.4. The molecule has 144 valence electrons. The second kappa shape index (κ2) is 10.3. The van der Waals surface area contributed by atoms with Gasteiger partial charge in [-0.05, 0) is 42.0 Å². The molecule has 0 spiro atoms. The number of hydrogen-bond donors (Lipinski definition) is 3. The van der Waals surface area contributed by atoms with Crippen molar-refractivity contribution >= 4 is 23.5 Å². The molecule has 0 saturated carbocycles. The van der Waals surface area contributed by atoms with E-state index < -0.39 is 0 Å². The number of halogens is 1. The zero-order valence-electron chi connectivity index (χ0n) is 15.3. The van der Waals surface area contributed by atoms with Crippen molar-refractivity contribution in [1.29, 1.82) is 0 Å². The first-order valence-corrected chi connectivity index (χ1v) is 8.69. The normalized spacial score (nSPS) is 11.0. The summed E-state index contributed by atoms with van der Waals surface area (Å²) in [7, 11) is 3.17. The van der Waals surface area contributed by atoms with Gasteiger partial charge in [0.1, 0.15) is 0 Å². The van der Waals surface area contributed by atoms with Crippen LogP contribution in [0.3, 0.4) is 0 Å². The summed E-state index contributed by atoms with van der Waals surface area (Å²) in [4.78, 5) is 16.2. The number of carbonyl (C=O) groups excluding carboxylic acids is 1. The average Bonchev–Trinajstić information content (AvgIpc) is 2.69. The van der Waals surface area contributed by atoms with E-state index in [4.69, 9.17) is 26.8 Å². The van der Waals surface area contributed by atoms with E-state index in [9.17, 15) is 4.79 Å². The Balaban J connectivity index is 1.76. The summed E-state index contributed by atoms with van der Waals surface area (Å²) in [5.41, 5.74) is 7.34. The molecule has 0 aromatic heterocycles. The molecule has 0 unspecified atom stereocenters. The van der Waals surface area contributed by atoms with Gasteiger partial charge in [0.25, 0.3) is 5.91 Å². The molecule has 0 aliphatic carbocycles. The second-order valence-electron chi connectivity index (χ2n) is 5.58. The minimum absolute atomic E-state index is 0.172. The largest absolute Gasteiger partial charge is 0.493 e. The number of aliphatic imine (C=N–C) groups is 1. The van der Waals surface area contributed by atoms with Crippen LogP contribution in [0.1, 0.15) is 15.9 Å². The highest BCUT2D eigenvalue weighted by atomic mass is 35.5. The fourth-order valence-corrected chi connectivity index (χ4v) is 2.41. The smallest absolute Gasteiger partial charge is 0.251 e. The topological polar surface area (TPSA) is 98.0 Å². The number of nitrogens with zero attached hydrogens (tertiary/aromatic N) is 1. The van der Waals surface area contributed by atoms with Crippen LogP contribution in [0.15, 0.2) is 47.5 Å². The number of nitrogens with one attached hydrogen (secondary N) is 2. The summed E-state index contributed by atoms with van der Waals surface area (Å²) in [5.74, 6) is 1.43. The summed E-state index contributed by atoms with van der Waals surface area (Å²) in [6, 6.07) is 12.3. The number of amides is 1. The van der Waals surface area contributed by atoms with E-state index in [2.05, 4.69) is 15.6 Å². The summed E-state index contributed by atoms with van der Waals surface area (Å²) in [6.07, 6.45) is 0. The van der Waals surface area contributed by atoms with Crippen molar-refractivity contribution in [2.45, 2.75) is 6.54 Å². The van der Waals surface area contributed by atoms with Crippen LogP contribution in [-0.4, -0.2) is 39.2 Å². The summed E-state index contributed by atoms with van der Waals surface area (Å²) in [6.45, 7) is 1.27. The Morgan fingerprint density at radius 2 is 1.70 bits per heavy atom. The van der Waals surface area contributed by atoms with E-state index in [0.29, 0.717) is 47.7 Å². The van der Waals surface area contributed by atoms with Gasteiger partial charge in [-0.25, -0.2) is 4.99 Å². The molecule has 0 atom stereocenters. The van der Waals surface area contributed by atoms with Gasteiger partial charge in [-0.1, -0.05) is 17.7 Å². The molecule has 0 bridgehead atoms. The Bertz CT molecular complexity index is 794. The zero-order valence-corrected chi connectivity index (χ0v) is 16.0. The van der Waals surface area contributed by atoms with Crippen LogP contribution >= 0.6 is 11.6 Å². The predicted molar refractivity (Wildman–Crippen MR) is 107 cm³/mol. The first-order valence-electron chi connectivity index (χ1n) is 8.32. The van der Waals surface area contributed by atoms with Crippen LogP contribution in [0.4, 0.5) is 0 Å². The minimum atomic E-state index is -0.172. The number of rotatable bonds is 8. The van der Waals surface area contributed by atoms with Gasteiger partial charge in [-0.3, -0.25) is 4.79 Å². The van der Waals surface area contributed by atoms with Crippen molar-refractivity contribution < 1.29 is 14.3 Å². The molecule has 1 amide bonds. The van der Waals surface area contributed by atoms with Gasteiger partial charge in [0.05, 0.1) is 20.8 Å². The van der Waals surface area contributed by atoms with Crippen molar-refractivity contribution in [1.82, 2.24) is 10.6 Å². The Morgan fingerprint density at radius 1 is 1.04 bits per heavy atom. The van der Waals surface area contributed by atoms with Crippen molar-refractivity contribution in [3.05, 3.63) is 58.6 Å². The van der Waals surface area contributed by atoms with Gasteiger partial charge < -0.3 is 25.8 Å². The van der Waals surface area contributed by atoms with Crippen LogP contribution in [0, 0.1) is 0 Å². The lowest BCUT2D eigenvalue weighted by Gasteiger charge is -2.09. The number of ether oxygens (including phenoxy) is 2. The molecule has 0 aliphatic heterocycles. The summed E-state index contributed by atoms with van der Waals surface area (Å²) in [5, 5.41) is 6.34. The van der Waals surface area contributed by atoms with E-state index >= 15 is 0 Å². The SMILES string of the molecule is COc1ccc(CN=C(N)NCCNC(=O)c2ccc(Cl)cc2)cc1OC. The van der Waals surface area contributed by atoms with Crippen LogP contribution in [0.2, 0.25) is 5.02 Å². The lowest BCUT2D eigenvalue weighted by molar-refractivity contribution is 0.0954. The Labute approximate surface area is 163 Å². The number of benzene rings is 2. The molecular weight excluding hydrogens is 368 g/mol. The third-order valence-corrected chi connectivity index (χ3v) is 3.95. The first-order chi connectivity index (χ1) is 13.0. The van der Waals surface area contributed by atoms with Crippen LogP contribution < -0.4 is 25.8 Å². The maximum Gasteiger partial charge on any atom is 0.251 e. The third kappa shape index (κ3) is 6.38. The van der Waals surface area contributed by atoms with Gasteiger partial charge in [-0.15, -0.1) is 0 Å². The van der Waals surface area contributed by atoms with Crippen molar-refractivity contribution in [3.8, 4) is 11.5 Å². The molecule has 0 heterocycles. The van der Waals surface area contributed by atoms with Crippen molar-refractivity contribution in [2.75, 3.05) is 27.3 Å². The lowest BCUT2D eigenvalue weighted by atomic mass is 10.2. The Kier molecular flexibility index (Phi) is 7.76. The quantitative estimate of drug-likeness (QED) is 0.364. The van der Waals surface area contributed by atoms with E-state index in [-0.39, 0.29) is 5.91 Å². The molecule has 2 rings (SSSR count). The number of guanidine groups is 1. The molecular formula is C19H23ClN4O3. The van der Waals surface area contributed by atoms with Gasteiger partial charge in [0.2, 0.25) is 0 Å². The third-order valence-electron chi connectivity index (χ3n) is 3.70. The minimum Gasteiger partial charge on any atom is -0.493 e. The molecule has 0 saturated heterocycles. The molecule has 8 heteroatoms. The Morgan fingerprint density at radius 3 is 2.37 bits per heavy atom. The fraction of sp³-hybridized carbons (Fsp3) is 0.263. The maximum atomic E-state index is 12.0. The number of carbonyl (C=O) groups is 1. The maximum absolute atomic E-state index is 12.0. The highest BCUT2D eigenvalue weighted by Crippen LogP contribution is 2.27. The highest BCUT2D eigenvalue weighted by molar-refractivity contribution is 6.30. The van der Waals surface area contributed by atoms with Crippen molar-refractivity contribution in [3.63, 3.8) is 0 Å². The monoisotopic (exact) mass is 390 g/mol. The molecule has 7 nitrogen and oxygen atoms in total. The van der Waals surface area contributed by atoms with Gasteiger partial charge in [-0.2, -0.15) is 0 Å². The number of nitrogens with two attached hydrogens (primary N) is 1. The van der Waals surface area contributed by atoms with E-state index in [1.165, 1.54) is 0 Å². The van der Waals surface area contributed by atoms with E-state index in [0.717, 1.165) is 5.56 Å². The number of hydrogen-bond acceptors (Lipinski definition) is 4.